The Morgan fingerprint density at radius 2 is 1.22 bits per heavy atom. The van der Waals surface area contributed by atoms with Crippen LogP contribution in [0.3, 0.4) is 0 Å². The smallest absolute Gasteiger partial charge is 0.270 e. The van der Waals surface area contributed by atoms with E-state index in [9.17, 15) is 24.9 Å². The molecule has 2 aromatic carbocycles. The SMILES string of the molecule is CC(C)(C)NCC(O)COc1cccc2c1CCC(=O)N2.CC(C)(C)NC[C@H](O)COc1cccc2c1CCCC2=O.CC(C)(C)NC[C@H](O)COc1nsnc1N1CCOCC1. The number of amides is 1. The molecule has 0 spiro atoms. The van der Waals surface area contributed by atoms with Crippen LogP contribution in [0.2, 0.25) is 0 Å². The summed E-state index contributed by atoms with van der Waals surface area (Å²) in [5.41, 5.74) is 3.50. The van der Waals surface area contributed by atoms with Crippen LogP contribution in [0.4, 0.5) is 11.5 Å². The zero-order valence-corrected chi connectivity index (χ0v) is 39.7. The number of carbonyl (C=O) groups is 2. The predicted octanol–water partition coefficient (Wildman–Crippen LogP) is 4.54. The van der Waals surface area contributed by atoms with E-state index in [1.807, 2.05) is 36.4 Å². The van der Waals surface area contributed by atoms with Gasteiger partial charge in [0.25, 0.3) is 5.88 Å². The van der Waals surface area contributed by atoms with Crippen LogP contribution in [-0.2, 0) is 22.4 Å². The molecule has 3 heterocycles. The van der Waals surface area contributed by atoms with Crippen molar-refractivity contribution in [1.29, 1.82) is 0 Å². The minimum atomic E-state index is -0.580. The Morgan fingerprint density at radius 3 is 1.78 bits per heavy atom. The number of fused-ring (bicyclic) bond motifs is 2. The van der Waals surface area contributed by atoms with Crippen molar-refractivity contribution >= 4 is 34.9 Å². The van der Waals surface area contributed by atoms with Crippen LogP contribution in [0.1, 0.15) is 103 Å². The highest BCUT2D eigenvalue weighted by molar-refractivity contribution is 6.99. The van der Waals surface area contributed by atoms with Gasteiger partial charge in [0.2, 0.25) is 11.7 Å². The molecule has 2 aliphatic heterocycles. The lowest BCUT2D eigenvalue weighted by Gasteiger charge is -2.27. The van der Waals surface area contributed by atoms with Crippen molar-refractivity contribution in [2.24, 2.45) is 0 Å². The standard InChI is InChI=1S/C17H25NO3.C16H24N2O3.C13H24N4O3S/c1-17(2,3)18-10-12(19)11-21-16-9-5-6-13-14(16)7-4-8-15(13)20;1-16(2,3)17-9-11(19)10-21-14-6-4-5-13-12(14)7-8-15(20)18-13;1-13(2,3)14-8-10(18)9-20-12-11(15-21-16-12)17-4-6-19-7-5-17/h5-6,9,12,18-19H,4,7-8,10-11H2,1-3H3;4-6,11,17,19H,7-10H2,1-3H3,(H,18,20);10,14,18H,4-9H2,1-3H3/t12-;;10-/m0.0/s1. The Hall–Kier alpha value is -3.94. The van der Waals surface area contributed by atoms with Crippen molar-refractivity contribution in [3.8, 4) is 17.4 Å². The van der Waals surface area contributed by atoms with Crippen LogP contribution in [0.25, 0.3) is 0 Å². The van der Waals surface area contributed by atoms with Crippen LogP contribution in [0, 0.1) is 0 Å². The van der Waals surface area contributed by atoms with E-state index in [1.54, 1.807) is 0 Å². The first-order valence-corrected chi connectivity index (χ1v) is 22.8. The zero-order valence-electron chi connectivity index (χ0n) is 38.8. The van der Waals surface area contributed by atoms with Crippen molar-refractivity contribution in [2.75, 3.05) is 76.0 Å². The molecule has 3 aliphatic rings. The second-order valence-electron chi connectivity index (χ2n) is 19.2. The summed E-state index contributed by atoms with van der Waals surface area (Å²) in [5.74, 6) is 2.94. The molecular weight excluding hydrogens is 827 g/mol. The monoisotopic (exact) mass is 900 g/mol. The molecule has 0 saturated carbocycles. The highest BCUT2D eigenvalue weighted by Gasteiger charge is 2.24. The molecule has 7 N–H and O–H groups in total. The third kappa shape index (κ3) is 19.0. The third-order valence-corrected chi connectivity index (χ3v) is 10.4. The molecule has 1 aliphatic carbocycles. The number of aliphatic hydroxyl groups excluding tert-OH is 3. The van der Waals surface area contributed by atoms with E-state index < -0.39 is 18.3 Å². The number of nitrogens with one attached hydrogen (secondary N) is 4. The summed E-state index contributed by atoms with van der Waals surface area (Å²) >= 11 is 1.12. The first kappa shape index (κ1) is 51.7. The van der Waals surface area contributed by atoms with Gasteiger partial charge in [-0.25, -0.2) is 0 Å². The molecule has 63 heavy (non-hydrogen) atoms. The van der Waals surface area contributed by atoms with Crippen LogP contribution < -0.4 is 40.4 Å². The molecule has 3 atom stereocenters. The molecular formula is C46H73N7O9S. The van der Waals surface area contributed by atoms with Crippen LogP contribution in [-0.4, -0.2) is 136 Å². The summed E-state index contributed by atoms with van der Waals surface area (Å²) in [4.78, 5) is 25.4. The number of aromatic nitrogens is 2. The van der Waals surface area contributed by atoms with Gasteiger partial charge < -0.3 is 60.4 Å². The number of aliphatic hydroxyl groups is 3. The molecule has 352 valence electrons. The van der Waals surface area contributed by atoms with Gasteiger partial charge in [0.15, 0.2) is 5.78 Å². The molecule has 0 radical (unpaired) electrons. The number of carbonyl (C=O) groups excluding carboxylic acids is 2. The minimum Gasteiger partial charge on any atom is -0.491 e. The fourth-order valence-corrected chi connectivity index (χ4v) is 7.06. The van der Waals surface area contributed by atoms with Gasteiger partial charge in [0.05, 0.1) is 24.9 Å². The first-order valence-electron chi connectivity index (χ1n) is 22.1. The second kappa shape index (κ2) is 24.4. The molecule has 16 nitrogen and oxygen atoms in total. The number of Topliss-reactive ketones (excluding diaryl/α,β-unsaturated/α-hetero) is 1. The van der Waals surface area contributed by atoms with Gasteiger partial charge in [-0.1, -0.05) is 18.2 Å². The maximum absolute atomic E-state index is 11.9. The normalized spacial score (nSPS) is 16.8. The Morgan fingerprint density at radius 1 is 0.698 bits per heavy atom. The molecule has 1 fully saturated rings. The van der Waals surface area contributed by atoms with Gasteiger partial charge in [-0.15, -0.1) is 4.37 Å². The Labute approximate surface area is 378 Å². The fraction of sp³-hybridized carbons (Fsp3) is 0.652. The molecule has 0 bridgehead atoms. The number of ether oxygens (including phenoxy) is 4. The maximum Gasteiger partial charge on any atom is 0.270 e. The highest BCUT2D eigenvalue weighted by atomic mass is 32.1. The van der Waals surface area contributed by atoms with E-state index in [0.29, 0.717) is 58.0 Å². The van der Waals surface area contributed by atoms with Gasteiger partial charge in [-0.2, -0.15) is 4.37 Å². The number of morpholine rings is 1. The quantitative estimate of drug-likeness (QED) is 0.105. The number of nitrogens with zero attached hydrogens (tertiary/aromatic N) is 3. The third-order valence-electron chi connectivity index (χ3n) is 9.91. The van der Waals surface area contributed by atoms with E-state index in [4.69, 9.17) is 18.9 Å². The van der Waals surface area contributed by atoms with E-state index in [-0.39, 0.29) is 48.1 Å². The molecule has 1 saturated heterocycles. The van der Waals surface area contributed by atoms with Gasteiger partial charge in [0.1, 0.15) is 49.6 Å². The maximum atomic E-state index is 11.9. The van der Waals surface area contributed by atoms with E-state index >= 15 is 0 Å². The Kier molecular flexibility index (Phi) is 20.0. The molecule has 6 rings (SSSR count). The van der Waals surface area contributed by atoms with Gasteiger partial charge in [-0.3, -0.25) is 9.59 Å². The first-order chi connectivity index (χ1) is 29.7. The second-order valence-corrected chi connectivity index (χ2v) is 19.7. The molecule has 1 amide bonds. The molecule has 1 unspecified atom stereocenters. The topological polar surface area (TPSA) is 209 Å². The van der Waals surface area contributed by atoms with Crippen molar-refractivity contribution in [3.05, 3.63) is 53.1 Å². The largest absolute Gasteiger partial charge is 0.491 e. The lowest BCUT2D eigenvalue weighted by Crippen LogP contribution is -2.42. The fourth-order valence-electron chi connectivity index (χ4n) is 6.54. The van der Waals surface area contributed by atoms with Crippen LogP contribution >= 0.6 is 11.7 Å². The average Bonchev–Trinajstić information content (AvgIpc) is 3.71. The summed E-state index contributed by atoms with van der Waals surface area (Å²) in [6.45, 7) is 23.6. The zero-order chi connectivity index (χ0) is 46.2. The number of anilines is 2. The summed E-state index contributed by atoms with van der Waals surface area (Å²) in [6.07, 6.45) is 1.79. The summed E-state index contributed by atoms with van der Waals surface area (Å²) in [7, 11) is 0. The lowest BCUT2D eigenvalue weighted by atomic mass is 9.90. The van der Waals surface area contributed by atoms with E-state index in [1.165, 1.54) is 0 Å². The van der Waals surface area contributed by atoms with Crippen molar-refractivity contribution in [2.45, 2.75) is 129 Å². The van der Waals surface area contributed by atoms with Crippen LogP contribution in [0.15, 0.2) is 36.4 Å². The van der Waals surface area contributed by atoms with Crippen molar-refractivity contribution < 1.29 is 43.9 Å². The van der Waals surface area contributed by atoms with Crippen LogP contribution in [0.5, 0.6) is 17.4 Å². The van der Waals surface area contributed by atoms with Crippen molar-refractivity contribution in [1.82, 2.24) is 24.7 Å². The van der Waals surface area contributed by atoms with E-state index in [0.717, 1.165) is 77.4 Å². The summed E-state index contributed by atoms with van der Waals surface area (Å²) < 4.78 is 30.9. The number of hydrogen-bond donors (Lipinski definition) is 7. The van der Waals surface area contributed by atoms with Crippen molar-refractivity contribution in [3.63, 3.8) is 0 Å². The Balaban J connectivity index is 0.000000207. The predicted molar refractivity (Wildman–Crippen MR) is 248 cm³/mol. The molecule has 17 heteroatoms. The molecule has 3 aromatic rings. The van der Waals surface area contributed by atoms with E-state index in [2.05, 4.69) is 97.2 Å². The highest BCUT2D eigenvalue weighted by Crippen LogP contribution is 2.32. The number of ketones is 1. The summed E-state index contributed by atoms with van der Waals surface area (Å²) in [5, 5.41) is 42.4. The van der Waals surface area contributed by atoms with Gasteiger partial charge in [-0.05, 0) is 99.8 Å². The number of β-amino-alcohol motifs (C(OH)–C–C–N with tert-alkyl or cyclic N) is 3. The van der Waals surface area contributed by atoms with Gasteiger partial charge >= 0.3 is 0 Å². The number of benzene rings is 2. The Bertz CT molecular complexity index is 1870. The summed E-state index contributed by atoms with van der Waals surface area (Å²) in [6, 6.07) is 11.2. The van der Waals surface area contributed by atoms with Gasteiger partial charge in [0, 0.05) is 84.6 Å². The number of hydrogen-bond acceptors (Lipinski definition) is 16. The average molecular weight is 900 g/mol. The minimum absolute atomic E-state index is 0.0257. The lowest BCUT2D eigenvalue weighted by molar-refractivity contribution is -0.116. The molecule has 1 aromatic heterocycles. The number of rotatable bonds is 16.